The highest BCUT2D eigenvalue weighted by Gasteiger charge is 2.31. The van der Waals surface area contributed by atoms with Crippen LogP contribution in [0.5, 0.6) is 0 Å². The number of rotatable bonds is 4. The van der Waals surface area contributed by atoms with Crippen LogP contribution in [0.3, 0.4) is 0 Å². The van der Waals surface area contributed by atoms with Gasteiger partial charge in [-0.05, 0) is 30.5 Å². The van der Waals surface area contributed by atoms with Crippen LogP contribution < -0.4 is 11.1 Å². The van der Waals surface area contributed by atoms with Gasteiger partial charge in [0, 0.05) is 10.7 Å². The highest BCUT2D eigenvalue weighted by molar-refractivity contribution is 6.31. The van der Waals surface area contributed by atoms with Gasteiger partial charge in [-0.15, -0.1) is 0 Å². The summed E-state index contributed by atoms with van der Waals surface area (Å²) in [6.07, 6.45) is -4.08. The molecule has 1 atom stereocenters. The molecule has 0 aliphatic carbocycles. The van der Waals surface area contributed by atoms with Crippen LogP contribution in [-0.2, 0) is 11.0 Å². The van der Waals surface area contributed by atoms with E-state index in [4.69, 9.17) is 17.3 Å². The molecule has 0 aromatic heterocycles. The SMILES string of the molecule is CC(C)C[C@H](N)C(=O)Nc1cc(Cl)cc(C(F)(F)F)c1. The molecule has 3 N–H and O–H groups in total. The monoisotopic (exact) mass is 308 g/mol. The van der Waals surface area contributed by atoms with Gasteiger partial charge in [0.15, 0.2) is 0 Å². The molecule has 0 aliphatic heterocycles. The number of hydrogen-bond acceptors (Lipinski definition) is 2. The molecule has 0 saturated heterocycles. The van der Waals surface area contributed by atoms with E-state index in [-0.39, 0.29) is 16.6 Å². The standard InChI is InChI=1S/C13H16ClF3N2O/c1-7(2)3-11(18)12(20)19-10-5-8(13(15,16)17)4-9(14)6-10/h4-7,11H,3,18H2,1-2H3,(H,19,20)/t11-/m0/s1. The first kappa shape index (κ1) is 16.8. The van der Waals surface area contributed by atoms with Crippen molar-refractivity contribution < 1.29 is 18.0 Å². The zero-order valence-electron chi connectivity index (χ0n) is 11.1. The molecule has 0 aliphatic rings. The predicted octanol–water partition coefficient (Wildman–Crippen LogP) is 3.67. The van der Waals surface area contributed by atoms with Gasteiger partial charge in [-0.2, -0.15) is 13.2 Å². The zero-order chi connectivity index (χ0) is 15.5. The number of nitrogens with two attached hydrogens (primary N) is 1. The first-order chi connectivity index (χ1) is 9.09. The summed E-state index contributed by atoms with van der Waals surface area (Å²) < 4.78 is 37.9. The van der Waals surface area contributed by atoms with Gasteiger partial charge in [0.25, 0.3) is 0 Å². The van der Waals surface area contributed by atoms with E-state index in [0.29, 0.717) is 6.42 Å². The molecule has 0 radical (unpaired) electrons. The Morgan fingerprint density at radius 3 is 2.45 bits per heavy atom. The number of carbonyl (C=O) groups is 1. The number of amides is 1. The molecule has 1 rings (SSSR count). The largest absolute Gasteiger partial charge is 0.416 e. The number of benzene rings is 1. The molecule has 1 aromatic rings. The van der Waals surface area contributed by atoms with Gasteiger partial charge in [-0.1, -0.05) is 25.4 Å². The summed E-state index contributed by atoms with van der Waals surface area (Å²) in [5.41, 5.74) is 4.72. The van der Waals surface area contributed by atoms with Gasteiger partial charge in [-0.3, -0.25) is 4.79 Å². The first-order valence-electron chi connectivity index (χ1n) is 6.04. The van der Waals surface area contributed by atoms with Gasteiger partial charge in [-0.25, -0.2) is 0 Å². The van der Waals surface area contributed by atoms with E-state index in [9.17, 15) is 18.0 Å². The Kier molecular flexibility index (Phi) is 5.42. The predicted molar refractivity (Wildman–Crippen MR) is 72.5 cm³/mol. The van der Waals surface area contributed by atoms with Crippen molar-refractivity contribution >= 4 is 23.2 Å². The van der Waals surface area contributed by atoms with E-state index in [1.807, 2.05) is 13.8 Å². The lowest BCUT2D eigenvalue weighted by atomic mass is 10.0. The van der Waals surface area contributed by atoms with Gasteiger partial charge < -0.3 is 11.1 Å². The zero-order valence-corrected chi connectivity index (χ0v) is 11.8. The second kappa shape index (κ2) is 6.45. The van der Waals surface area contributed by atoms with Crippen molar-refractivity contribution in [1.29, 1.82) is 0 Å². The van der Waals surface area contributed by atoms with E-state index in [1.165, 1.54) is 6.07 Å². The third kappa shape index (κ3) is 5.02. The summed E-state index contributed by atoms with van der Waals surface area (Å²) >= 11 is 5.62. The number of nitrogens with one attached hydrogen (secondary N) is 1. The van der Waals surface area contributed by atoms with Gasteiger partial charge >= 0.3 is 6.18 Å². The molecule has 0 fully saturated rings. The average Bonchev–Trinajstić information content (AvgIpc) is 2.25. The van der Waals surface area contributed by atoms with Crippen LogP contribution in [0, 0.1) is 5.92 Å². The third-order valence-electron chi connectivity index (χ3n) is 2.55. The Morgan fingerprint density at radius 2 is 1.95 bits per heavy atom. The molecular weight excluding hydrogens is 293 g/mol. The topological polar surface area (TPSA) is 55.1 Å². The second-order valence-corrected chi connectivity index (χ2v) is 5.39. The number of anilines is 1. The minimum absolute atomic E-state index is 0.0194. The lowest BCUT2D eigenvalue weighted by molar-refractivity contribution is -0.137. The fourth-order valence-corrected chi connectivity index (χ4v) is 1.91. The highest BCUT2D eigenvalue weighted by atomic mass is 35.5. The van der Waals surface area contributed by atoms with E-state index in [1.54, 1.807) is 0 Å². The summed E-state index contributed by atoms with van der Waals surface area (Å²) in [5, 5.41) is 2.25. The molecule has 0 heterocycles. The molecule has 3 nitrogen and oxygen atoms in total. The highest BCUT2D eigenvalue weighted by Crippen LogP contribution is 2.33. The van der Waals surface area contributed by atoms with Crippen LogP contribution in [0.4, 0.5) is 18.9 Å². The quantitative estimate of drug-likeness (QED) is 0.891. The summed E-state index contributed by atoms with van der Waals surface area (Å²) in [4.78, 5) is 11.8. The molecule has 20 heavy (non-hydrogen) atoms. The molecule has 0 spiro atoms. The molecule has 0 saturated carbocycles. The van der Waals surface area contributed by atoms with Crippen molar-refractivity contribution in [2.24, 2.45) is 11.7 Å². The summed E-state index contributed by atoms with van der Waals surface area (Å²) in [6, 6.07) is 2.09. The van der Waals surface area contributed by atoms with Crippen LogP contribution in [0.1, 0.15) is 25.8 Å². The number of alkyl halides is 3. The summed E-state index contributed by atoms with van der Waals surface area (Å²) in [5.74, 6) is -0.324. The van der Waals surface area contributed by atoms with Crippen molar-refractivity contribution in [1.82, 2.24) is 0 Å². The smallest absolute Gasteiger partial charge is 0.325 e. The van der Waals surface area contributed by atoms with Gasteiger partial charge in [0.05, 0.1) is 11.6 Å². The lowest BCUT2D eigenvalue weighted by Crippen LogP contribution is -2.36. The number of carbonyl (C=O) groups excluding carboxylic acids is 1. The fourth-order valence-electron chi connectivity index (χ4n) is 1.68. The van der Waals surface area contributed by atoms with E-state index < -0.39 is 23.7 Å². The maximum Gasteiger partial charge on any atom is 0.416 e. The Morgan fingerprint density at radius 1 is 1.35 bits per heavy atom. The van der Waals surface area contributed by atoms with Gasteiger partial charge in [0.2, 0.25) is 5.91 Å². The molecule has 1 amide bonds. The van der Waals surface area contributed by atoms with E-state index in [2.05, 4.69) is 5.32 Å². The van der Waals surface area contributed by atoms with Gasteiger partial charge in [0.1, 0.15) is 0 Å². The van der Waals surface area contributed by atoms with E-state index in [0.717, 1.165) is 12.1 Å². The molecule has 0 unspecified atom stereocenters. The molecule has 1 aromatic carbocycles. The Hall–Kier alpha value is -1.27. The fraction of sp³-hybridized carbons (Fsp3) is 0.462. The van der Waals surface area contributed by atoms with Crippen LogP contribution in [0.25, 0.3) is 0 Å². The van der Waals surface area contributed by atoms with Crippen LogP contribution in [0.2, 0.25) is 5.02 Å². The molecule has 7 heteroatoms. The molecule has 112 valence electrons. The lowest BCUT2D eigenvalue weighted by Gasteiger charge is -2.15. The minimum Gasteiger partial charge on any atom is -0.325 e. The minimum atomic E-state index is -4.52. The average molecular weight is 309 g/mol. The second-order valence-electron chi connectivity index (χ2n) is 4.95. The van der Waals surface area contributed by atoms with Crippen LogP contribution in [-0.4, -0.2) is 11.9 Å². The third-order valence-corrected chi connectivity index (χ3v) is 2.77. The van der Waals surface area contributed by atoms with Crippen molar-refractivity contribution in [2.45, 2.75) is 32.5 Å². The Bertz CT molecular complexity index is 489. The maximum atomic E-state index is 12.6. The van der Waals surface area contributed by atoms with Crippen LogP contribution >= 0.6 is 11.6 Å². The maximum absolute atomic E-state index is 12.6. The van der Waals surface area contributed by atoms with Crippen molar-refractivity contribution in [3.63, 3.8) is 0 Å². The summed E-state index contributed by atoms with van der Waals surface area (Å²) in [7, 11) is 0. The summed E-state index contributed by atoms with van der Waals surface area (Å²) in [6.45, 7) is 3.79. The van der Waals surface area contributed by atoms with Crippen molar-refractivity contribution in [2.75, 3.05) is 5.32 Å². The normalized spacial score (nSPS) is 13.4. The van der Waals surface area contributed by atoms with E-state index >= 15 is 0 Å². The first-order valence-corrected chi connectivity index (χ1v) is 6.41. The van der Waals surface area contributed by atoms with Crippen LogP contribution in [0.15, 0.2) is 18.2 Å². The molecule has 0 bridgehead atoms. The molecular formula is C13H16ClF3N2O. The number of hydrogen-bond donors (Lipinski definition) is 2. The van der Waals surface area contributed by atoms with Crippen molar-refractivity contribution in [3.8, 4) is 0 Å². The number of halogens is 4. The Balaban J connectivity index is 2.88. The Labute approximate surface area is 120 Å². The van der Waals surface area contributed by atoms with Crippen molar-refractivity contribution in [3.05, 3.63) is 28.8 Å².